The average molecular weight is 262 g/mol. The van der Waals surface area contributed by atoms with Crippen LogP contribution in [0.2, 0.25) is 0 Å². The second-order valence-electron chi connectivity index (χ2n) is 4.62. The van der Waals surface area contributed by atoms with Gasteiger partial charge in [0.2, 0.25) is 0 Å². The summed E-state index contributed by atoms with van der Waals surface area (Å²) in [6.45, 7) is 1.90. The molecule has 102 valence electrons. The molecule has 0 spiro atoms. The monoisotopic (exact) mass is 262 g/mol. The van der Waals surface area contributed by atoms with Crippen LogP contribution in [0.5, 0.6) is 5.75 Å². The van der Waals surface area contributed by atoms with Gasteiger partial charge in [0.25, 0.3) is 0 Å². The largest absolute Gasteiger partial charge is 0.496 e. The number of hydrogen-bond acceptors (Lipinski definition) is 4. The molecular weight excluding hydrogens is 244 g/mol. The van der Waals surface area contributed by atoms with Crippen LogP contribution in [0.1, 0.15) is 43.4 Å². The molecule has 1 aromatic carbocycles. The molecule has 0 amide bonds. The number of carbonyl (C=O) groups is 2. The van der Waals surface area contributed by atoms with Gasteiger partial charge in [-0.15, -0.1) is 0 Å². The summed E-state index contributed by atoms with van der Waals surface area (Å²) in [5, 5.41) is 0. The van der Waals surface area contributed by atoms with Crippen molar-refractivity contribution in [2.45, 2.75) is 38.7 Å². The third-order valence-corrected chi connectivity index (χ3v) is 3.28. The molecule has 0 N–H and O–H groups in total. The van der Waals surface area contributed by atoms with Crippen molar-refractivity contribution >= 4 is 11.8 Å². The number of ether oxygens (including phenoxy) is 2. The van der Waals surface area contributed by atoms with Crippen molar-refractivity contribution in [3.05, 3.63) is 29.3 Å². The Labute approximate surface area is 112 Å². The smallest absolute Gasteiger partial charge is 0.306 e. The molecule has 1 aromatic rings. The third kappa shape index (κ3) is 2.78. The van der Waals surface area contributed by atoms with Gasteiger partial charge in [-0.1, -0.05) is 19.1 Å². The Balaban J connectivity index is 2.34. The van der Waals surface area contributed by atoms with Crippen molar-refractivity contribution in [3.8, 4) is 5.75 Å². The first-order valence-electron chi connectivity index (χ1n) is 6.55. The van der Waals surface area contributed by atoms with Gasteiger partial charge in [0, 0.05) is 18.4 Å². The molecule has 0 saturated heterocycles. The summed E-state index contributed by atoms with van der Waals surface area (Å²) in [6.07, 6.45) is 1.31. The van der Waals surface area contributed by atoms with E-state index >= 15 is 0 Å². The van der Waals surface area contributed by atoms with E-state index in [1.165, 1.54) is 0 Å². The molecule has 1 unspecified atom stereocenters. The molecule has 0 saturated carbocycles. The van der Waals surface area contributed by atoms with Gasteiger partial charge in [-0.05, 0) is 24.5 Å². The minimum absolute atomic E-state index is 0.0542. The summed E-state index contributed by atoms with van der Waals surface area (Å²) in [4.78, 5) is 23.7. The molecule has 4 heteroatoms. The van der Waals surface area contributed by atoms with Crippen LogP contribution in [0.25, 0.3) is 0 Å². The van der Waals surface area contributed by atoms with Gasteiger partial charge in [0.05, 0.1) is 7.11 Å². The quantitative estimate of drug-likeness (QED) is 0.783. The zero-order chi connectivity index (χ0) is 13.8. The molecule has 1 atom stereocenters. The molecule has 0 bridgehead atoms. The summed E-state index contributed by atoms with van der Waals surface area (Å²) < 4.78 is 10.6. The van der Waals surface area contributed by atoms with E-state index in [0.717, 1.165) is 5.56 Å². The molecular formula is C15H18O4. The van der Waals surface area contributed by atoms with Crippen molar-refractivity contribution in [1.29, 1.82) is 0 Å². The summed E-state index contributed by atoms with van der Waals surface area (Å²) in [5.41, 5.74) is 1.74. The number of ketones is 1. The SMILES string of the molecule is CCCC(=O)OC1C(=O)CCc2cccc(OC)c21. The highest BCUT2D eigenvalue weighted by molar-refractivity contribution is 5.89. The molecule has 19 heavy (non-hydrogen) atoms. The lowest BCUT2D eigenvalue weighted by atomic mass is 9.87. The van der Waals surface area contributed by atoms with Gasteiger partial charge in [0.1, 0.15) is 5.75 Å². The van der Waals surface area contributed by atoms with Crippen molar-refractivity contribution < 1.29 is 19.1 Å². The molecule has 0 aromatic heterocycles. The van der Waals surface area contributed by atoms with Gasteiger partial charge >= 0.3 is 5.97 Å². The average Bonchev–Trinajstić information content (AvgIpc) is 2.41. The van der Waals surface area contributed by atoms with Gasteiger partial charge in [0.15, 0.2) is 11.9 Å². The number of carbonyl (C=O) groups excluding carboxylic acids is 2. The third-order valence-electron chi connectivity index (χ3n) is 3.28. The van der Waals surface area contributed by atoms with Crippen LogP contribution < -0.4 is 4.74 Å². The van der Waals surface area contributed by atoms with Gasteiger partial charge < -0.3 is 9.47 Å². The minimum Gasteiger partial charge on any atom is -0.496 e. The summed E-state index contributed by atoms with van der Waals surface area (Å²) in [5.74, 6) is 0.223. The van der Waals surface area contributed by atoms with Crippen molar-refractivity contribution in [2.75, 3.05) is 7.11 Å². The van der Waals surface area contributed by atoms with E-state index in [2.05, 4.69) is 0 Å². The van der Waals surface area contributed by atoms with E-state index in [0.29, 0.717) is 37.0 Å². The fraction of sp³-hybridized carbons (Fsp3) is 0.467. The standard InChI is InChI=1S/C15H18O4/c1-3-5-13(17)19-15-11(16)9-8-10-6-4-7-12(18-2)14(10)15/h4,6-7,15H,3,5,8-9H2,1-2H3. The zero-order valence-electron chi connectivity index (χ0n) is 11.3. The van der Waals surface area contributed by atoms with Crippen LogP contribution >= 0.6 is 0 Å². The Morgan fingerprint density at radius 1 is 1.37 bits per heavy atom. The number of benzene rings is 1. The Morgan fingerprint density at radius 3 is 2.84 bits per heavy atom. The van der Waals surface area contributed by atoms with Crippen LogP contribution in [0.15, 0.2) is 18.2 Å². The van der Waals surface area contributed by atoms with Crippen LogP contribution in [-0.2, 0) is 20.7 Å². The van der Waals surface area contributed by atoms with Gasteiger partial charge in [-0.3, -0.25) is 9.59 Å². The first-order valence-corrected chi connectivity index (χ1v) is 6.55. The molecule has 0 aliphatic heterocycles. The summed E-state index contributed by atoms with van der Waals surface area (Å²) >= 11 is 0. The van der Waals surface area contributed by atoms with E-state index in [4.69, 9.17) is 9.47 Å². The van der Waals surface area contributed by atoms with E-state index in [-0.39, 0.29) is 11.8 Å². The number of aryl methyl sites for hydroxylation is 1. The number of hydrogen-bond donors (Lipinski definition) is 0. The second kappa shape index (κ2) is 5.87. The Bertz CT molecular complexity index is 479. The van der Waals surface area contributed by atoms with E-state index < -0.39 is 6.10 Å². The van der Waals surface area contributed by atoms with E-state index in [1.807, 2.05) is 19.1 Å². The number of Topliss-reactive ketones (excluding diaryl/α,β-unsaturated/α-hetero) is 1. The predicted octanol–water partition coefficient (Wildman–Crippen LogP) is 2.59. The molecule has 1 aliphatic rings. The number of esters is 1. The topological polar surface area (TPSA) is 52.6 Å². The molecule has 4 nitrogen and oxygen atoms in total. The normalized spacial score (nSPS) is 17.8. The molecule has 0 fully saturated rings. The minimum atomic E-state index is -0.807. The zero-order valence-corrected chi connectivity index (χ0v) is 11.3. The van der Waals surface area contributed by atoms with Crippen LogP contribution in [0.4, 0.5) is 0 Å². The highest BCUT2D eigenvalue weighted by Crippen LogP contribution is 2.37. The van der Waals surface area contributed by atoms with E-state index in [1.54, 1.807) is 13.2 Å². The first kappa shape index (κ1) is 13.6. The number of fused-ring (bicyclic) bond motifs is 1. The highest BCUT2D eigenvalue weighted by atomic mass is 16.5. The predicted molar refractivity (Wildman–Crippen MR) is 70.1 cm³/mol. The molecule has 1 aliphatic carbocycles. The van der Waals surface area contributed by atoms with Crippen molar-refractivity contribution in [3.63, 3.8) is 0 Å². The maximum atomic E-state index is 12.0. The van der Waals surface area contributed by atoms with Crippen molar-refractivity contribution in [2.24, 2.45) is 0 Å². The first-order chi connectivity index (χ1) is 9.17. The number of rotatable bonds is 4. The summed E-state index contributed by atoms with van der Waals surface area (Å²) in [6, 6.07) is 5.63. The maximum Gasteiger partial charge on any atom is 0.306 e. The fourth-order valence-corrected chi connectivity index (χ4v) is 2.35. The Morgan fingerprint density at radius 2 is 2.16 bits per heavy atom. The highest BCUT2D eigenvalue weighted by Gasteiger charge is 2.33. The van der Waals surface area contributed by atoms with E-state index in [9.17, 15) is 9.59 Å². The lowest BCUT2D eigenvalue weighted by molar-refractivity contribution is -0.156. The fourth-order valence-electron chi connectivity index (χ4n) is 2.35. The second-order valence-corrected chi connectivity index (χ2v) is 4.62. The Hall–Kier alpha value is -1.84. The Kier molecular flexibility index (Phi) is 4.20. The van der Waals surface area contributed by atoms with Crippen LogP contribution in [-0.4, -0.2) is 18.9 Å². The molecule has 2 rings (SSSR count). The molecule has 0 radical (unpaired) electrons. The molecule has 0 heterocycles. The lowest BCUT2D eigenvalue weighted by Crippen LogP contribution is -2.25. The van der Waals surface area contributed by atoms with Crippen molar-refractivity contribution in [1.82, 2.24) is 0 Å². The lowest BCUT2D eigenvalue weighted by Gasteiger charge is -2.26. The van der Waals surface area contributed by atoms with Crippen LogP contribution in [0.3, 0.4) is 0 Å². The summed E-state index contributed by atoms with van der Waals surface area (Å²) in [7, 11) is 1.56. The number of methoxy groups -OCH3 is 1. The maximum absolute atomic E-state index is 12.0. The van der Waals surface area contributed by atoms with Gasteiger partial charge in [-0.25, -0.2) is 0 Å². The van der Waals surface area contributed by atoms with Gasteiger partial charge in [-0.2, -0.15) is 0 Å². The van der Waals surface area contributed by atoms with Crippen LogP contribution in [0, 0.1) is 0 Å².